The molecule has 4 aromatic carbocycles. The smallest absolute Gasteiger partial charge is 0.224 e. The van der Waals surface area contributed by atoms with E-state index in [1.165, 1.54) is 41.5 Å². The van der Waals surface area contributed by atoms with Crippen LogP contribution in [0.15, 0.2) is 102 Å². The van der Waals surface area contributed by atoms with Gasteiger partial charge in [0.1, 0.15) is 0 Å². The Morgan fingerprint density at radius 2 is 1.58 bits per heavy atom. The summed E-state index contributed by atoms with van der Waals surface area (Å²) in [5.41, 5.74) is 7.62. The Bertz CT molecular complexity index is 1490. The number of hydrogen-bond acceptors (Lipinski definition) is 5. The Labute approximate surface area is 259 Å². The molecule has 1 amide bonds. The van der Waals surface area contributed by atoms with Crippen LogP contribution in [0.3, 0.4) is 0 Å². The molecule has 2 N–H and O–H groups in total. The van der Waals surface area contributed by atoms with Gasteiger partial charge in [0.15, 0.2) is 5.78 Å². The molecule has 1 atom stereocenters. The maximum Gasteiger partial charge on any atom is 0.224 e. The van der Waals surface area contributed by atoms with E-state index in [1.54, 1.807) is 0 Å². The molecular weight excluding hydrogens is 552 g/mol. The summed E-state index contributed by atoms with van der Waals surface area (Å²) in [5, 5.41) is 2.95. The molecule has 5 rings (SSSR count). The van der Waals surface area contributed by atoms with Gasteiger partial charge in [-0.1, -0.05) is 86.1 Å². The second-order valence-electron chi connectivity index (χ2n) is 11.2. The second kappa shape index (κ2) is 15.7. The molecule has 222 valence electrons. The van der Waals surface area contributed by atoms with E-state index >= 15 is 0 Å². The minimum atomic E-state index is -0.269. The molecule has 1 aliphatic rings. The zero-order valence-corrected chi connectivity index (χ0v) is 25.6. The molecule has 6 heteroatoms. The van der Waals surface area contributed by atoms with E-state index in [1.807, 2.05) is 66.7 Å². The van der Waals surface area contributed by atoms with Crippen molar-refractivity contribution in [2.45, 2.75) is 75.7 Å². The van der Waals surface area contributed by atoms with Crippen LogP contribution in [0, 0.1) is 0 Å². The number of rotatable bonds is 15. The van der Waals surface area contributed by atoms with Crippen LogP contribution in [-0.4, -0.2) is 17.8 Å². The Kier molecular flexibility index (Phi) is 11.2. The number of nitrogens with one attached hydrogen (secondary N) is 2. The maximum absolute atomic E-state index is 13.3. The van der Waals surface area contributed by atoms with Gasteiger partial charge in [-0.3, -0.25) is 14.4 Å². The maximum atomic E-state index is 13.3. The monoisotopic (exact) mass is 592 g/mol. The highest BCUT2D eigenvalue weighted by Crippen LogP contribution is 2.27. The van der Waals surface area contributed by atoms with Gasteiger partial charge in [-0.05, 0) is 103 Å². The minimum Gasteiger partial charge on any atom is -0.326 e. The second-order valence-corrected chi connectivity index (χ2v) is 12.0. The van der Waals surface area contributed by atoms with Crippen molar-refractivity contribution in [3.05, 3.63) is 119 Å². The van der Waals surface area contributed by atoms with Gasteiger partial charge in [0, 0.05) is 29.0 Å². The highest BCUT2D eigenvalue weighted by atomic mass is 32.2. The van der Waals surface area contributed by atoms with Crippen LogP contribution >= 0.6 is 11.9 Å². The summed E-state index contributed by atoms with van der Waals surface area (Å²) < 4.78 is 0. The highest BCUT2D eigenvalue weighted by molar-refractivity contribution is 7.97. The van der Waals surface area contributed by atoms with Crippen molar-refractivity contribution in [1.82, 2.24) is 4.89 Å². The number of benzene rings is 4. The first-order valence-electron chi connectivity index (χ1n) is 15.3. The summed E-state index contributed by atoms with van der Waals surface area (Å²) in [7, 11) is 0. The number of fused-ring (bicyclic) bond motifs is 1. The fraction of sp³-hybridized carbons (Fsp3) is 0.297. The van der Waals surface area contributed by atoms with Crippen molar-refractivity contribution in [2.24, 2.45) is 0 Å². The quantitative estimate of drug-likeness (QED) is 0.0821. The number of hydrogen-bond donors (Lipinski definition) is 2. The Morgan fingerprint density at radius 1 is 0.860 bits per heavy atom. The Hall–Kier alpha value is -3.71. The van der Waals surface area contributed by atoms with E-state index < -0.39 is 0 Å². The van der Waals surface area contributed by atoms with Crippen LogP contribution in [0.2, 0.25) is 0 Å². The first-order valence-corrected chi connectivity index (χ1v) is 16.2. The molecule has 43 heavy (non-hydrogen) atoms. The number of amides is 1. The standard InChI is InChI=1S/C37H40N2O3S/c1-2-3-12-37(41)38-33-21-18-30(19-22-33)29-14-16-31(17-15-29)36(40)26-34(23-13-27-8-5-4-6-9-27)42-39-43-35-24-20-28-10-7-11-32(28)25-35/h4-6,8-9,14-22,24-25,34,39H,2-3,7,10-13,23,26H2,1H3,(H,38,41). The van der Waals surface area contributed by atoms with Crippen LogP contribution in [0.5, 0.6) is 0 Å². The van der Waals surface area contributed by atoms with Gasteiger partial charge in [-0.25, -0.2) is 0 Å². The molecule has 0 radical (unpaired) electrons. The molecule has 0 aromatic heterocycles. The number of ketones is 1. The average Bonchev–Trinajstić information content (AvgIpc) is 3.51. The SMILES string of the molecule is CCCCC(=O)Nc1ccc(-c2ccc(C(=O)CC(CCc3ccccc3)ONSc3ccc4c(c3)CCC4)cc2)cc1. The van der Waals surface area contributed by atoms with Gasteiger partial charge >= 0.3 is 0 Å². The lowest BCUT2D eigenvalue weighted by Crippen LogP contribution is -2.23. The van der Waals surface area contributed by atoms with E-state index in [2.05, 4.69) is 47.5 Å². The van der Waals surface area contributed by atoms with E-state index in [-0.39, 0.29) is 24.2 Å². The molecule has 0 saturated carbocycles. The normalized spacial score (nSPS) is 13.0. The molecule has 0 bridgehead atoms. The molecule has 4 aromatic rings. The summed E-state index contributed by atoms with van der Waals surface area (Å²) in [4.78, 5) is 35.7. The average molecular weight is 593 g/mol. The van der Waals surface area contributed by atoms with Crippen molar-refractivity contribution >= 4 is 29.3 Å². The molecule has 0 fully saturated rings. The fourth-order valence-corrected chi connectivity index (χ4v) is 6.02. The number of Topliss-reactive ketones (excluding diaryl/α,β-unsaturated/α-hetero) is 1. The van der Waals surface area contributed by atoms with Gasteiger partial charge in [0.25, 0.3) is 0 Å². The zero-order chi connectivity index (χ0) is 29.9. The minimum absolute atomic E-state index is 0.0422. The van der Waals surface area contributed by atoms with E-state index in [0.29, 0.717) is 12.0 Å². The van der Waals surface area contributed by atoms with Crippen molar-refractivity contribution in [2.75, 3.05) is 5.32 Å². The third-order valence-electron chi connectivity index (χ3n) is 7.92. The Morgan fingerprint density at radius 3 is 2.33 bits per heavy atom. The van der Waals surface area contributed by atoms with E-state index in [4.69, 9.17) is 4.84 Å². The van der Waals surface area contributed by atoms with Gasteiger partial charge in [-0.2, -0.15) is 0 Å². The molecule has 0 heterocycles. The highest BCUT2D eigenvalue weighted by Gasteiger charge is 2.18. The molecule has 5 nitrogen and oxygen atoms in total. The first-order chi connectivity index (χ1) is 21.1. The van der Waals surface area contributed by atoms with Crippen LogP contribution in [0.1, 0.15) is 72.5 Å². The number of aryl methyl sites for hydroxylation is 3. The summed E-state index contributed by atoms with van der Waals surface area (Å²) in [6, 6.07) is 32.4. The predicted molar refractivity (Wildman–Crippen MR) is 176 cm³/mol. The largest absolute Gasteiger partial charge is 0.326 e. The van der Waals surface area contributed by atoms with Crippen molar-refractivity contribution in [3.63, 3.8) is 0 Å². The molecule has 0 saturated heterocycles. The molecule has 0 spiro atoms. The molecule has 1 aliphatic carbocycles. The first kappa shape index (κ1) is 30.7. The molecular formula is C37H40N2O3S. The number of anilines is 1. The number of carbonyl (C=O) groups excluding carboxylic acids is 2. The zero-order valence-electron chi connectivity index (χ0n) is 24.8. The lowest BCUT2D eigenvalue weighted by molar-refractivity contribution is -0.116. The predicted octanol–water partition coefficient (Wildman–Crippen LogP) is 8.77. The number of carbonyl (C=O) groups is 2. The van der Waals surface area contributed by atoms with Crippen LogP contribution in [0.4, 0.5) is 5.69 Å². The third kappa shape index (κ3) is 9.14. The van der Waals surface area contributed by atoms with E-state index in [0.717, 1.165) is 53.8 Å². The lowest BCUT2D eigenvalue weighted by Gasteiger charge is -2.17. The molecule has 1 unspecified atom stereocenters. The van der Waals surface area contributed by atoms with Crippen molar-refractivity contribution in [3.8, 4) is 11.1 Å². The van der Waals surface area contributed by atoms with Gasteiger partial charge in [-0.15, -0.1) is 4.89 Å². The summed E-state index contributed by atoms with van der Waals surface area (Å²) in [5.74, 6) is 0.0969. The van der Waals surface area contributed by atoms with Crippen molar-refractivity contribution < 1.29 is 14.4 Å². The van der Waals surface area contributed by atoms with Crippen LogP contribution in [-0.2, 0) is 28.9 Å². The molecule has 0 aliphatic heterocycles. The summed E-state index contributed by atoms with van der Waals surface area (Å²) in [6.07, 6.45) is 7.53. The van der Waals surface area contributed by atoms with Crippen LogP contribution < -0.4 is 10.2 Å². The van der Waals surface area contributed by atoms with Gasteiger partial charge < -0.3 is 5.32 Å². The Balaban J connectivity index is 1.18. The topological polar surface area (TPSA) is 67.4 Å². The lowest BCUT2D eigenvalue weighted by atomic mass is 9.98. The summed E-state index contributed by atoms with van der Waals surface area (Å²) >= 11 is 1.46. The third-order valence-corrected chi connectivity index (χ3v) is 8.59. The van der Waals surface area contributed by atoms with E-state index in [9.17, 15) is 9.59 Å². The van der Waals surface area contributed by atoms with Gasteiger partial charge in [0.2, 0.25) is 5.91 Å². The van der Waals surface area contributed by atoms with Gasteiger partial charge in [0.05, 0.1) is 6.10 Å². The summed E-state index contributed by atoms with van der Waals surface area (Å²) in [6.45, 7) is 2.08. The fourth-order valence-electron chi connectivity index (χ4n) is 5.41. The van der Waals surface area contributed by atoms with Crippen molar-refractivity contribution in [1.29, 1.82) is 0 Å². The number of unbranched alkanes of at least 4 members (excludes halogenated alkanes) is 1. The van der Waals surface area contributed by atoms with Crippen LogP contribution in [0.25, 0.3) is 11.1 Å².